The van der Waals surface area contributed by atoms with Gasteiger partial charge in [0.2, 0.25) is 0 Å². The highest BCUT2D eigenvalue weighted by atomic mass is 32.2. The van der Waals surface area contributed by atoms with Crippen molar-refractivity contribution in [2.75, 3.05) is 27.0 Å². The lowest BCUT2D eigenvalue weighted by molar-refractivity contribution is 0.345. The topological polar surface area (TPSA) is 30.5 Å². The van der Waals surface area contributed by atoms with E-state index in [1.165, 1.54) is 24.8 Å². The normalized spacial score (nSPS) is 16.8. The third-order valence-corrected chi connectivity index (χ3v) is 5.30. The Morgan fingerprint density at radius 2 is 1.79 bits per heavy atom. The molecule has 0 bridgehead atoms. The molecule has 0 spiro atoms. The maximum atomic E-state index is 5.29. The minimum absolute atomic E-state index is 0.475. The molecule has 4 heteroatoms. The molecule has 19 heavy (non-hydrogen) atoms. The number of hydrogen-bond acceptors (Lipinski definition) is 4. The maximum absolute atomic E-state index is 5.29. The summed E-state index contributed by atoms with van der Waals surface area (Å²) in [5.41, 5.74) is 1.20. The largest absolute Gasteiger partial charge is 0.497 e. The summed E-state index contributed by atoms with van der Waals surface area (Å²) in [5, 5.41) is 3.57. The quantitative estimate of drug-likeness (QED) is 0.832. The molecule has 1 saturated carbocycles. The predicted octanol–water partition coefficient (Wildman–Crippen LogP) is 3.08. The Morgan fingerprint density at radius 1 is 1.16 bits per heavy atom. The van der Waals surface area contributed by atoms with Crippen LogP contribution in [0.5, 0.6) is 11.5 Å². The van der Waals surface area contributed by atoms with Gasteiger partial charge in [0.25, 0.3) is 0 Å². The van der Waals surface area contributed by atoms with Crippen LogP contribution in [0.2, 0.25) is 0 Å². The number of rotatable bonds is 7. The standard InChI is InChI=1S/C15H23NO2S/c1-17-13-7-12(8-14(9-13)18-2)10-16-11-15(19-3)5-4-6-15/h7-9,16H,4-6,10-11H2,1-3H3. The van der Waals surface area contributed by atoms with Crippen molar-refractivity contribution < 1.29 is 9.47 Å². The first-order valence-electron chi connectivity index (χ1n) is 6.69. The molecule has 1 fully saturated rings. The summed E-state index contributed by atoms with van der Waals surface area (Å²) in [5.74, 6) is 1.69. The SMILES string of the molecule is COc1cc(CNCC2(SC)CCC2)cc(OC)c1. The van der Waals surface area contributed by atoms with Crippen molar-refractivity contribution in [3.8, 4) is 11.5 Å². The van der Waals surface area contributed by atoms with Crippen LogP contribution >= 0.6 is 11.8 Å². The smallest absolute Gasteiger partial charge is 0.122 e. The first-order chi connectivity index (χ1) is 9.21. The van der Waals surface area contributed by atoms with Crippen molar-refractivity contribution in [2.45, 2.75) is 30.6 Å². The highest BCUT2D eigenvalue weighted by Gasteiger charge is 2.35. The molecule has 2 rings (SSSR count). The van der Waals surface area contributed by atoms with E-state index >= 15 is 0 Å². The molecule has 1 aromatic rings. The molecule has 1 aromatic carbocycles. The van der Waals surface area contributed by atoms with Crippen LogP contribution in [0, 0.1) is 0 Å². The number of benzene rings is 1. The van der Waals surface area contributed by atoms with E-state index in [0.29, 0.717) is 4.75 Å². The van der Waals surface area contributed by atoms with Gasteiger partial charge in [-0.15, -0.1) is 0 Å². The zero-order chi connectivity index (χ0) is 13.7. The Labute approximate surface area is 120 Å². The van der Waals surface area contributed by atoms with Gasteiger partial charge in [0, 0.05) is 23.9 Å². The average molecular weight is 281 g/mol. The zero-order valence-electron chi connectivity index (χ0n) is 12.0. The third kappa shape index (κ3) is 3.57. The molecule has 0 heterocycles. The lowest BCUT2D eigenvalue weighted by Gasteiger charge is -2.40. The van der Waals surface area contributed by atoms with Gasteiger partial charge in [0.1, 0.15) is 11.5 Å². The molecule has 0 saturated heterocycles. The third-order valence-electron chi connectivity index (χ3n) is 3.89. The second-order valence-corrected chi connectivity index (χ2v) is 6.34. The maximum Gasteiger partial charge on any atom is 0.122 e. The summed E-state index contributed by atoms with van der Waals surface area (Å²) in [7, 11) is 3.37. The Bertz CT molecular complexity index is 391. The highest BCUT2D eigenvalue weighted by molar-refractivity contribution is 8.00. The van der Waals surface area contributed by atoms with E-state index in [4.69, 9.17) is 9.47 Å². The summed E-state index contributed by atoms with van der Waals surface area (Å²) >= 11 is 2.00. The Balaban J connectivity index is 1.91. The summed E-state index contributed by atoms with van der Waals surface area (Å²) < 4.78 is 11.0. The molecule has 0 aromatic heterocycles. The molecule has 0 unspecified atom stereocenters. The summed E-state index contributed by atoms with van der Waals surface area (Å²) in [6.07, 6.45) is 6.26. The number of thioether (sulfide) groups is 1. The van der Waals surface area contributed by atoms with Crippen LogP contribution in [-0.4, -0.2) is 31.8 Å². The number of hydrogen-bond donors (Lipinski definition) is 1. The van der Waals surface area contributed by atoms with Crippen molar-refractivity contribution in [3.63, 3.8) is 0 Å². The Kier molecular flexibility index (Phi) is 4.99. The molecule has 106 valence electrons. The van der Waals surface area contributed by atoms with E-state index in [9.17, 15) is 0 Å². The van der Waals surface area contributed by atoms with Gasteiger partial charge < -0.3 is 14.8 Å². The summed E-state index contributed by atoms with van der Waals surface area (Å²) in [6, 6.07) is 6.02. The van der Waals surface area contributed by atoms with E-state index in [1.54, 1.807) is 14.2 Å². The van der Waals surface area contributed by atoms with E-state index in [1.807, 2.05) is 17.8 Å². The van der Waals surface area contributed by atoms with Gasteiger partial charge in [0.15, 0.2) is 0 Å². The molecular formula is C15H23NO2S. The first-order valence-corrected chi connectivity index (χ1v) is 7.92. The Morgan fingerprint density at radius 3 is 2.21 bits per heavy atom. The van der Waals surface area contributed by atoms with Crippen molar-refractivity contribution in [2.24, 2.45) is 0 Å². The number of nitrogens with one attached hydrogen (secondary N) is 1. The highest BCUT2D eigenvalue weighted by Crippen LogP contribution is 2.42. The van der Waals surface area contributed by atoms with Crippen LogP contribution in [0.15, 0.2) is 18.2 Å². The van der Waals surface area contributed by atoms with Crippen LogP contribution in [0.25, 0.3) is 0 Å². The fourth-order valence-electron chi connectivity index (χ4n) is 2.43. The molecular weight excluding hydrogens is 258 g/mol. The minimum atomic E-state index is 0.475. The number of methoxy groups -OCH3 is 2. The van der Waals surface area contributed by atoms with Crippen molar-refractivity contribution in [1.82, 2.24) is 5.32 Å². The lowest BCUT2D eigenvalue weighted by Crippen LogP contribution is -2.43. The van der Waals surface area contributed by atoms with Crippen LogP contribution in [0.3, 0.4) is 0 Å². The first kappa shape index (κ1) is 14.5. The summed E-state index contributed by atoms with van der Waals surface area (Å²) in [6.45, 7) is 1.93. The monoisotopic (exact) mass is 281 g/mol. The molecule has 3 nitrogen and oxygen atoms in total. The fraction of sp³-hybridized carbons (Fsp3) is 0.600. The second kappa shape index (κ2) is 6.53. The van der Waals surface area contributed by atoms with Gasteiger partial charge in [-0.3, -0.25) is 0 Å². The van der Waals surface area contributed by atoms with Gasteiger partial charge >= 0.3 is 0 Å². The van der Waals surface area contributed by atoms with Gasteiger partial charge in [-0.05, 0) is 36.8 Å². The molecule has 0 amide bonds. The summed E-state index contributed by atoms with van der Waals surface area (Å²) in [4.78, 5) is 0. The van der Waals surface area contributed by atoms with E-state index in [0.717, 1.165) is 24.6 Å². The molecule has 0 radical (unpaired) electrons. The van der Waals surface area contributed by atoms with Crippen LogP contribution < -0.4 is 14.8 Å². The predicted molar refractivity (Wildman–Crippen MR) is 81.3 cm³/mol. The molecule has 0 atom stereocenters. The van der Waals surface area contributed by atoms with E-state index in [2.05, 4.69) is 23.7 Å². The lowest BCUT2D eigenvalue weighted by atomic mass is 9.84. The van der Waals surface area contributed by atoms with Crippen LogP contribution in [0.1, 0.15) is 24.8 Å². The molecule has 0 aliphatic heterocycles. The van der Waals surface area contributed by atoms with Crippen molar-refractivity contribution >= 4 is 11.8 Å². The molecule has 1 aliphatic rings. The second-order valence-electron chi connectivity index (χ2n) is 5.07. The minimum Gasteiger partial charge on any atom is -0.497 e. The van der Waals surface area contributed by atoms with Gasteiger partial charge in [0.05, 0.1) is 14.2 Å². The van der Waals surface area contributed by atoms with Gasteiger partial charge in [-0.1, -0.05) is 6.42 Å². The van der Waals surface area contributed by atoms with Gasteiger partial charge in [-0.2, -0.15) is 11.8 Å². The fourth-order valence-corrected chi connectivity index (χ4v) is 3.37. The van der Waals surface area contributed by atoms with Crippen LogP contribution in [-0.2, 0) is 6.54 Å². The average Bonchev–Trinajstić information content (AvgIpc) is 2.41. The zero-order valence-corrected chi connectivity index (χ0v) is 12.8. The molecule has 1 aliphatic carbocycles. The van der Waals surface area contributed by atoms with E-state index < -0.39 is 0 Å². The van der Waals surface area contributed by atoms with Gasteiger partial charge in [-0.25, -0.2) is 0 Å². The van der Waals surface area contributed by atoms with Crippen molar-refractivity contribution in [1.29, 1.82) is 0 Å². The van der Waals surface area contributed by atoms with Crippen LogP contribution in [0.4, 0.5) is 0 Å². The van der Waals surface area contributed by atoms with E-state index in [-0.39, 0.29) is 0 Å². The number of ether oxygens (including phenoxy) is 2. The molecule has 1 N–H and O–H groups in total. The van der Waals surface area contributed by atoms with Crippen molar-refractivity contribution in [3.05, 3.63) is 23.8 Å². The Hall–Kier alpha value is -0.870.